The molecule has 2 aromatic rings. The van der Waals surface area contributed by atoms with Crippen LogP contribution < -0.4 is 5.32 Å². The van der Waals surface area contributed by atoms with Gasteiger partial charge in [0.15, 0.2) is 0 Å². The van der Waals surface area contributed by atoms with Crippen molar-refractivity contribution in [2.45, 2.75) is 17.4 Å². The van der Waals surface area contributed by atoms with Crippen molar-refractivity contribution in [3.05, 3.63) is 58.6 Å². The zero-order valence-electron chi connectivity index (χ0n) is 13.2. The molecule has 0 aromatic heterocycles. The molecule has 1 unspecified atom stereocenters. The third-order valence-electron chi connectivity index (χ3n) is 3.94. The van der Waals surface area contributed by atoms with Gasteiger partial charge in [-0.05, 0) is 42.8 Å². The van der Waals surface area contributed by atoms with E-state index in [1.54, 1.807) is 24.3 Å². The van der Waals surface area contributed by atoms with Crippen LogP contribution >= 0.6 is 15.9 Å². The summed E-state index contributed by atoms with van der Waals surface area (Å²) in [5.41, 5.74) is 0.857. The molecule has 0 aliphatic carbocycles. The van der Waals surface area contributed by atoms with Crippen LogP contribution in [0.25, 0.3) is 0 Å². The molecule has 8 heteroatoms. The van der Waals surface area contributed by atoms with E-state index in [1.807, 2.05) is 6.07 Å². The summed E-state index contributed by atoms with van der Waals surface area (Å²) in [5, 5.41) is 12.3. The lowest BCUT2D eigenvalue weighted by molar-refractivity contribution is 0.102. The minimum atomic E-state index is -3.72. The average Bonchev–Trinajstić information content (AvgIpc) is 3.02. The van der Waals surface area contributed by atoms with Crippen molar-refractivity contribution >= 4 is 37.5 Å². The molecule has 1 atom stereocenters. The minimum Gasteiger partial charge on any atom is -0.392 e. The summed E-state index contributed by atoms with van der Waals surface area (Å²) in [6.45, 7) is 0.356. The van der Waals surface area contributed by atoms with E-state index in [4.69, 9.17) is 0 Å². The van der Waals surface area contributed by atoms with Crippen molar-refractivity contribution in [3.63, 3.8) is 0 Å². The Hall–Kier alpha value is -1.74. The summed E-state index contributed by atoms with van der Waals surface area (Å²) < 4.78 is 27.3. The predicted octanol–water partition coefficient (Wildman–Crippen LogP) is 2.46. The first-order valence-electron chi connectivity index (χ1n) is 7.71. The third kappa shape index (κ3) is 4.09. The number of aliphatic hydroxyl groups is 1. The van der Waals surface area contributed by atoms with E-state index in [9.17, 15) is 18.3 Å². The van der Waals surface area contributed by atoms with Gasteiger partial charge in [0.05, 0.1) is 11.0 Å². The number of halogens is 1. The minimum absolute atomic E-state index is 0.0449. The zero-order valence-corrected chi connectivity index (χ0v) is 15.6. The number of carbonyl (C=O) groups excluding carboxylic acids is 1. The highest BCUT2D eigenvalue weighted by Crippen LogP contribution is 2.22. The summed E-state index contributed by atoms with van der Waals surface area (Å²) in [6.07, 6.45) is -0.222. The molecule has 1 aliphatic rings. The van der Waals surface area contributed by atoms with Crippen LogP contribution in [0.3, 0.4) is 0 Å². The number of sulfonamides is 1. The molecule has 1 fully saturated rings. The Balaban J connectivity index is 1.82. The lowest BCUT2D eigenvalue weighted by atomic mass is 10.2. The number of β-amino-alcohol motifs (C(OH)–C–C–N with tert-alkyl or cyclic N) is 1. The molecule has 1 heterocycles. The van der Waals surface area contributed by atoms with Crippen molar-refractivity contribution in [2.75, 3.05) is 18.4 Å². The molecule has 3 rings (SSSR count). The van der Waals surface area contributed by atoms with Gasteiger partial charge < -0.3 is 10.4 Å². The van der Waals surface area contributed by atoms with Gasteiger partial charge in [-0.1, -0.05) is 28.1 Å². The Morgan fingerprint density at radius 3 is 2.64 bits per heavy atom. The maximum Gasteiger partial charge on any atom is 0.255 e. The molecule has 2 aromatic carbocycles. The Kier molecular flexibility index (Phi) is 5.24. The van der Waals surface area contributed by atoms with Gasteiger partial charge in [-0.15, -0.1) is 0 Å². The second kappa shape index (κ2) is 7.25. The largest absolute Gasteiger partial charge is 0.392 e. The number of carbonyl (C=O) groups is 1. The smallest absolute Gasteiger partial charge is 0.255 e. The van der Waals surface area contributed by atoms with Crippen LogP contribution in [0, 0.1) is 0 Å². The molecule has 0 radical (unpaired) electrons. The van der Waals surface area contributed by atoms with E-state index < -0.39 is 22.0 Å². The molecule has 1 saturated heterocycles. The number of rotatable bonds is 4. The number of nitrogens with one attached hydrogen (secondary N) is 1. The maximum absolute atomic E-state index is 12.6. The fraction of sp³-hybridized carbons (Fsp3) is 0.235. The Bertz CT molecular complexity index is 901. The van der Waals surface area contributed by atoms with E-state index in [-0.39, 0.29) is 23.5 Å². The van der Waals surface area contributed by atoms with Crippen molar-refractivity contribution in [1.82, 2.24) is 4.31 Å². The molecule has 132 valence electrons. The van der Waals surface area contributed by atoms with E-state index in [0.29, 0.717) is 12.1 Å². The maximum atomic E-state index is 12.6. The highest BCUT2D eigenvalue weighted by Gasteiger charge is 2.31. The van der Waals surface area contributed by atoms with Crippen molar-refractivity contribution in [2.24, 2.45) is 0 Å². The fourth-order valence-electron chi connectivity index (χ4n) is 2.65. The second-order valence-electron chi connectivity index (χ2n) is 5.80. The summed E-state index contributed by atoms with van der Waals surface area (Å²) in [7, 11) is -3.72. The number of nitrogens with zero attached hydrogens (tertiary/aromatic N) is 1. The van der Waals surface area contributed by atoms with Gasteiger partial charge in [-0.3, -0.25) is 4.79 Å². The Morgan fingerprint density at radius 2 is 1.96 bits per heavy atom. The van der Waals surface area contributed by atoms with Gasteiger partial charge in [-0.2, -0.15) is 4.31 Å². The normalized spacial score (nSPS) is 18.2. The first kappa shape index (κ1) is 18.1. The number of amides is 1. The first-order chi connectivity index (χ1) is 11.9. The van der Waals surface area contributed by atoms with Gasteiger partial charge in [-0.25, -0.2) is 8.42 Å². The quantitative estimate of drug-likeness (QED) is 0.788. The number of benzene rings is 2. The number of hydrogen-bond acceptors (Lipinski definition) is 4. The van der Waals surface area contributed by atoms with E-state index in [1.165, 1.54) is 22.5 Å². The lowest BCUT2D eigenvalue weighted by Gasteiger charge is -2.16. The van der Waals surface area contributed by atoms with Crippen molar-refractivity contribution in [3.8, 4) is 0 Å². The molecule has 2 N–H and O–H groups in total. The van der Waals surface area contributed by atoms with Crippen LogP contribution in [-0.4, -0.2) is 42.9 Å². The topological polar surface area (TPSA) is 86.7 Å². The molecular weight excluding hydrogens is 408 g/mol. The SMILES string of the molecule is O=C(Nc1cccc(Br)c1)c1cccc(S(=O)(=O)N2CCC(O)C2)c1. The third-order valence-corrected chi connectivity index (χ3v) is 6.30. The summed E-state index contributed by atoms with van der Waals surface area (Å²) in [4.78, 5) is 12.4. The Labute approximate surface area is 154 Å². The zero-order chi connectivity index (χ0) is 18.0. The molecule has 1 amide bonds. The van der Waals surface area contributed by atoms with Crippen LogP contribution in [0.2, 0.25) is 0 Å². The molecule has 1 aliphatic heterocycles. The van der Waals surface area contributed by atoms with Crippen molar-refractivity contribution in [1.29, 1.82) is 0 Å². The fourth-order valence-corrected chi connectivity index (χ4v) is 4.58. The molecule has 25 heavy (non-hydrogen) atoms. The number of aliphatic hydroxyl groups excluding tert-OH is 1. The van der Waals surface area contributed by atoms with Crippen LogP contribution in [0.1, 0.15) is 16.8 Å². The van der Waals surface area contributed by atoms with E-state index in [2.05, 4.69) is 21.2 Å². The molecule has 6 nitrogen and oxygen atoms in total. The van der Waals surface area contributed by atoms with E-state index in [0.717, 1.165) is 4.47 Å². The molecule has 0 spiro atoms. The standard InChI is InChI=1S/C17H17BrN2O4S/c18-13-4-2-5-14(10-13)19-17(22)12-3-1-6-16(9-12)25(23,24)20-8-7-15(21)11-20/h1-6,9-10,15,21H,7-8,11H2,(H,19,22). The van der Waals surface area contributed by atoms with Crippen LogP contribution in [0.4, 0.5) is 5.69 Å². The molecular formula is C17H17BrN2O4S. The van der Waals surface area contributed by atoms with Crippen LogP contribution in [-0.2, 0) is 10.0 Å². The molecule has 0 bridgehead atoms. The number of anilines is 1. The molecule has 0 saturated carbocycles. The summed E-state index contributed by atoms with van der Waals surface area (Å²) >= 11 is 3.33. The Morgan fingerprint density at radius 1 is 1.20 bits per heavy atom. The van der Waals surface area contributed by atoms with Gasteiger partial charge in [0.25, 0.3) is 5.91 Å². The van der Waals surface area contributed by atoms with Crippen LogP contribution in [0.5, 0.6) is 0 Å². The summed E-state index contributed by atoms with van der Waals surface area (Å²) in [5.74, 6) is -0.392. The first-order valence-corrected chi connectivity index (χ1v) is 9.95. The van der Waals surface area contributed by atoms with E-state index >= 15 is 0 Å². The lowest BCUT2D eigenvalue weighted by Crippen LogP contribution is -2.29. The highest BCUT2D eigenvalue weighted by atomic mass is 79.9. The van der Waals surface area contributed by atoms with Gasteiger partial charge in [0, 0.05) is 28.8 Å². The van der Waals surface area contributed by atoms with Gasteiger partial charge >= 0.3 is 0 Å². The summed E-state index contributed by atoms with van der Waals surface area (Å²) in [6, 6.07) is 13.0. The average molecular weight is 425 g/mol. The second-order valence-corrected chi connectivity index (χ2v) is 8.65. The van der Waals surface area contributed by atoms with Gasteiger partial charge in [0.2, 0.25) is 10.0 Å². The highest BCUT2D eigenvalue weighted by molar-refractivity contribution is 9.10. The number of hydrogen-bond donors (Lipinski definition) is 2. The predicted molar refractivity (Wildman–Crippen MR) is 97.9 cm³/mol. The van der Waals surface area contributed by atoms with Gasteiger partial charge in [0.1, 0.15) is 0 Å². The van der Waals surface area contributed by atoms with Crippen molar-refractivity contribution < 1.29 is 18.3 Å². The van der Waals surface area contributed by atoms with Crippen LogP contribution in [0.15, 0.2) is 57.9 Å². The monoisotopic (exact) mass is 424 g/mol.